The van der Waals surface area contributed by atoms with E-state index in [1.54, 1.807) is 18.2 Å². The zero-order valence-corrected chi connectivity index (χ0v) is 17.4. The normalized spacial score (nSPS) is 11.4. The van der Waals surface area contributed by atoms with Crippen LogP contribution in [-0.2, 0) is 6.18 Å². The maximum Gasteiger partial charge on any atom is 0.416 e. The van der Waals surface area contributed by atoms with Crippen molar-refractivity contribution in [2.45, 2.75) is 6.18 Å². The summed E-state index contributed by atoms with van der Waals surface area (Å²) in [4.78, 5) is 12.4. The quantitative estimate of drug-likeness (QED) is 0.376. The van der Waals surface area contributed by atoms with Crippen LogP contribution in [0.2, 0.25) is 0 Å². The number of carbonyl (C=O) groups is 1. The van der Waals surface area contributed by atoms with E-state index < -0.39 is 11.7 Å². The first-order chi connectivity index (χ1) is 15.3. The number of ether oxygens (including phenoxy) is 3. The van der Waals surface area contributed by atoms with Gasteiger partial charge in [0.1, 0.15) is 5.69 Å². The van der Waals surface area contributed by atoms with Gasteiger partial charge in [0.15, 0.2) is 11.5 Å². The summed E-state index contributed by atoms with van der Waals surface area (Å²) in [5, 5.41) is 9.57. The predicted octanol–water partition coefficient (Wildman–Crippen LogP) is 4.93. The number of nitrogens with zero attached hydrogens (tertiary/aromatic N) is 1. The first-order valence-electron chi connectivity index (χ1n) is 9.27. The van der Waals surface area contributed by atoms with Gasteiger partial charge in [-0.3, -0.25) is 9.89 Å². The van der Waals surface area contributed by atoms with Crippen molar-refractivity contribution < 1.29 is 32.2 Å². The van der Waals surface area contributed by atoms with Gasteiger partial charge in [-0.25, -0.2) is 0 Å². The number of anilines is 1. The molecular weight excluding hydrogens is 427 g/mol. The van der Waals surface area contributed by atoms with Crippen LogP contribution in [0.25, 0.3) is 11.3 Å². The van der Waals surface area contributed by atoms with Gasteiger partial charge >= 0.3 is 6.18 Å². The molecule has 0 spiro atoms. The fraction of sp³-hybridized carbons (Fsp3) is 0.182. The van der Waals surface area contributed by atoms with Gasteiger partial charge in [0.25, 0.3) is 0 Å². The van der Waals surface area contributed by atoms with E-state index in [1.165, 1.54) is 45.7 Å². The first-order valence-corrected chi connectivity index (χ1v) is 9.27. The molecule has 0 unspecified atom stereocenters. The van der Waals surface area contributed by atoms with Crippen LogP contribution in [0.1, 0.15) is 16.1 Å². The molecular formula is C22H20F3N3O4. The van der Waals surface area contributed by atoms with Crippen LogP contribution in [0.5, 0.6) is 17.2 Å². The molecule has 168 valence electrons. The van der Waals surface area contributed by atoms with Gasteiger partial charge in [-0.15, -0.1) is 0 Å². The number of allylic oxidation sites excluding steroid dienone is 1. The number of carbonyl (C=O) groups excluding carboxylic acids is 1. The average Bonchev–Trinajstić information content (AvgIpc) is 3.28. The number of hydrogen-bond donors (Lipinski definition) is 2. The molecule has 3 rings (SSSR count). The van der Waals surface area contributed by atoms with E-state index >= 15 is 0 Å². The molecule has 0 atom stereocenters. The minimum atomic E-state index is -4.40. The number of aromatic amines is 1. The second-order valence-electron chi connectivity index (χ2n) is 6.50. The van der Waals surface area contributed by atoms with E-state index in [4.69, 9.17) is 14.2 Å². The van der Waals surface area contributed by atoms with Crippen LogP contribution in [0, 0.1) is 0 Å². The van der Waals surface area contributed by atoms with Gasteiger partial charge in [0, 0.05) is 23.5 Å². The van der Waals surface area contributed by atoms with Gasteiger partial charge in [0.2, 0.25) is 11.5 Å². The SMILES string of the molecule is COc1cc(-c2cc(C(=O)/C=C\Nc3ccc(C(F)(F)F)cc3)[nH]n2)cc(OC)c1OC. The van der Waals surface area contributed by atoms with Gasteiger partial charge in [-0.2, -0.15) is 18.3 Å². The highest BCUT2D eigenvalue weighted by Crippen LogP contribution is 2.40. The van der Waals surface area contributed by atoms with Gasteiger partial charge in [0.05, 0.1) is 32.6 Å². The monoisotopic (exact) mass is 447 g/mol. The molecule has 1 heterocycles. The van der Waals surface area contributed by atoms with Crippen LogP contribution in [0.3, 0.4) is 0 Å². The van der Waals surface area contributed by atoms with Crippen LogP contribution >= 0.6 is 0 Å². The van der Waals surface area contributed by atoms with Crippen molar-refractivity contribution in [3.8, 4) is 28.5 Å². The number of alkyl halides is 3. The molecule has 0 bridgehead atoms. The zero-order chi connectivity index (χ0) is 23.3. The molecule has 0 radical (unpaired) electrons. The molecule has 1 aromatic heterocycles. The van der Waals surface area contributed by atoms with Crippen LogP contribution in [-0.4, -0.2) is 37.3 Å². The number of aromatic nitrogens is 2. The van der Waals surface area contributed by atoms with Crippen molar-refractivity contribution in [3.05, 3.63) is 66.0 Å². The van der Waals surface area contributed by atoms with E-state index in [-0.39, 0.29) is 11.5 Å². The minimum Gasteiger partial charge on any atom is -0.493 e. The Kier molecular flexibility index (Phi) is 6.72. The van der Waals surface area contributed by atoms with Crippen LogP contribution < -0.4 is 19.5 Å². The van der Waals surface area contributed by atoms with Crippen molar-refractivity contribution in [2.75, 3.05) is 26.6 Å². The Hall–Kier alpha value is -3.95. The highest BCUT2D eigenvalue weighted by molar-refractivity contribution is 6.03. The molecule has 2 aromatic carbocycles. The number of halogens is 3. The fourth-order valence-corrected chi connectivity index (χ4v) is 2.88. The molecule has 0 aliphatic carbocycles. The van der Waals surface area contributed by atoms with E-state index in [0.29, 0.717) is 34.2 Å². The molecule has 0 saturated heterocycles. The van der Waals surface area contributed by atoms with E-state index in [9.17, 15) is 18.0 Å². The lowest BCUT2D eigenvalue weighted by molar-refractivity contribution is -0.137. The molecule has 0 fully saturated rings. The summed E-state index contributed by atoms with van der Waals surface area (Å²) in [7, 11) is 4.49. The number of rotatable bonds is 8. The predicted molar refractivity (Wildman–Crippen MR) is 112 cm³/mol. The van der Waals surface area contributed by atoms with Crippen molar-refractivity contribution in [2.24, 2.45) is 0 Å². The largest absolute Gasteiger partial charge is 0.493 e. The Morgan fingerprint density at radius 2 is 1.62 bits per heavy atom. The summed E-state index contributed by atoms with van der Waals surface area (Å²) in [5.74, 6) is 0.940. The molecule has 2 N–H and O–H groups in total. The lowest BCUT2D eigenvalue weighted by atomic mass is 10.1. The molecule has 0 aliphatic rings. The topological polar surface area (TPSA) is 85.5 Å². The molecule has 0 amide bonds. The molecule has 0 aliphatic heterocycles. The van der Waals surface area contributed by atoms with Crippen molar-refractivity contribution in [1.29, 1.82) is 0 Å². The minimum absolute atomic E-state index is 0.222. The lowest BCUT2D eigenvalue weighted by Crippen LogP contribution is -2.04. The summed E-state index contributed by atoms with van der Waals surface area (Å²) in [6.45, 7) is 0. The molecule has 0 saturated carbocycles. The summed E-state index contributed by atoms with van der Waals surface area (Å²) in [6.07, 6.45) is -1.82. The Morgan fingerprint density at radius 1 is 1.00 bits per heavy atom. The van der Waals surface area contributed by atoms with Crippen LogP contribution in [0.4, 0.5) is 18.9 Å². The molecule has 7 nitrogen and oxygen atoms in total. The maximum absolute atomic E-state index is 12.6. The van der Waals surface area contributed by atoms with Crippen molar-refractivity contribution >= 4 is 11.5 Å². The van der Waals surface area contributed by atoms with Crippen LogP contribution in [0.15, 0.2) is 54.7 Å². The van der Waals surface area contributed by atoms with E-state index in [0.717, 1.165) is 12.1 Å². The number of methoxy groups -OCH3 is 3. The molecule has 10 heteroatoms. The zero-order valence-electron chi connectivity index (χ0n) is 17.4. The first kappa shape index (κ1) is 22.7. The smallest absolute Gasteiger partial charge is 0.416 e. The summed E-state index contributed by atoms with van der Waals surface area (Å²) in [6, 6.07) is 9.42. The van der Waals surface area contributed by atoms with E-state index in [1.807, 2.05) is 0 Å². The summed E-state index contributed by atoms with van der Waals surface area (Å²) >= 11 is 0. The third kappa shape index (κ3) is 5.02. The van der Waals surface area contributed by atoms with Gasteiger partial charge in [-0.05, 0) is 42.5 Å². The van der Waals surface area contributed by atoms with Crippen molar-refractivity contribution in [1.82, 2.24) is 10.2 Å². The number of nitrogens with one attached hydrogen (secondary N) is 2. The lowest BCUT2D eigenvalue weighted by Gasteiger charge is -2.13. The van der Waals surface area contributed by atoms with Gasteiger partial charge < -0.3 is 19.5 Å². The number of benzene rings is 2. The molecule has 3 aromatic rings. The highest BCUT2D eigenvalue weighted by Gasteiger charge is 2.29. The number of H-pyrrole nitrogens is 1. The van der Waals surface area contributed by atoms with E-state index in [2.05, 4.69) is 15.5 Å². The highest BCUT2D eigenvalue weighted by atomic mass is 19.4. The average molecular weight is 447 g/mol. The number of hydrogen-bond acceptors (Lipinski definition) is 6. The Labute approximate surface area is 181 Å². The Morgan fingerprint density at radius 3 is 2.16 bits per heavy atom. The summed E-state index contributed by atoms with van der Waals surface area (Å²) < 4.78 is 53.8. The summed E-state index contributed by atoms with van der Waals surface area (Å²) in [5.41, 5.74) is 1.00. The standard InChI is InChI=1S/C22H20F3N3O4/c1-30-19-10-13(11-20(31-2)21(19)32-3)16-12-17(28-27-16)18(29)8-9-26-15-6-4-14(5-7-15)22(23,24)25/h4-12,26H,1-3H3,(H,27,28)/b9-8-. The second-order valence-corrected chi connectivity index (χ2v) is 6.50. The number of ketones is 1. The maximum atomic E-state index is 12.6. The van der Waals surface area contributed by atoms with Gasteiger partial charge in [-0.1, -0.05) is 0 Å². The molecule has 32 heavy (non-hydrogen) atoms. The Bertz CT molecular complexity index is 1100. The third-order valence-electron chi connectivity index (χ3n) is 4.50. The fourth-order valence-electron chi connectivity index (χ4n) is 2.88. The Balaban J connectivity index is 1.72. The van der Waals surface area contributed by atoms with Crippen molar-refractivity contribution in [3.63, 3.8) is 0 Å². The second kappa shape index (κ2) is 9.46. The third-order valence-corrected chi connectivity index (χ3v) is 4.50.